The highest BCUT2D eigenvalue weighted by molar-refractivity contribution is 5.23. The van der Waals surface area contributed by atoms with Crippen LogP contribution in [0.4, 0.5) is 0 Å². The van der Waals surface area contributed by atoms with Crippen molar-refractivity contribution < 1.29 is 0 Å². The summed E-state index contributed by atoms with van der Waals surface area (Å²) in [6, 6.07) is 11.1. The van der Waals surface area contributed by atoms with Crippen molar-refractivity contribution in [1.29, 1.82) is 0 Å². The molecule has 0 aromatic heterocycles. The minimum Gasteiger partial charge on any atom is -0.321 e. The van der Waals surface area contributed by atoms with Gasteiger partial charge in [-0.2, -0.15) is 0 Å². The quantitative estimate of drug-likeness (QED) is 0.888. The van der Waals surface area contributed by atoms with Crippen molar-refractivity contribution in [2.24, 2.45) is 11.7 Å². The number of nitrogens with zero attached hydrogens (tertiary/aromatic N) is 1. The number of hydrogen-bond donors (Lipinski definition) is 1. The summed E-state index contributed by atoms with van der Waals surface area (Å²) in [6.07, 6.45) is 2.60. The SMILES string of the molecule is CC1CCN(CC(C)(N)c2ccccc2)C(C)C1. The average Bonchev–Trinajstić information content (AvgIpc) is 2.34. The molecule has 100 valence electrons. The third kappa shape index (κ3) is 3.12. The van der Waals surface area contributed by atoms with Gasteiger partial charge in [-0.3, -0.25) is 4.90 Å². The first-order chi connectivity index (χ1) is 8.49. The van der Waals surface area contributed by atoms with Gasteiger partial charge in [-0.15, -0.1) is 0 Å². The van der Waals surface area contributed by atoms with Crippen molar-refractivity contribution in [3.05, 3.63) is 35.9 Å². The van der Waals surface area contributed by atoms with E-state index in [4.69, 9.17) is 5.73 Å². The van der Waals surface area contributed by atoms with Gasteiger partial charge in [0, 0.05) is 12.6 Å². The monoisotopic (exact) mass is 246 g/mol. The van der Waals surface area contributed by atoms with E-state index in [1.807, 2.05) is 6.07 Å². The fourth-order valence-electron chi connectivity index (χ4n) is 3.02. The van der Waals surface area contributed by atoms with Gasteiger partial charge in [0.2, 0.25) is 0 Å². The summed E-state index contributed by atoms with van der Waals surface area (Å²) in [4.78, 5) is 2.55. The Morgan fingerprint density at radius 1 is 1.28 bits per heavy atom. The summed E-state index contributed by atoms with van der Waals surface area (Å²) in [5.41, 5.74) is 7.50. The number of likely N-dealkylation sites (tertiary alicyclic amines) is 1. The summed E-state index contributed by atoms with van der Waals surface area (Å²) in [5.74, 6) is 0.858. The molecular formula is C16H26N2. The average molecular weight is 246 g/mol. The van der Waals surface area contributed by atoms with Crippen LogP contribution in [-0.2, 0) is 5.54 Å². The smallest absolute Gasteiger partial charge is 0.0510 e. The van der Waals surface area contributed by atoms with E-state index in [2.05, 4.69) is 49.9 Å². The highest BCUT2D eigenvalue weighted by atomic mass is 15.2. The van der Waals surface area contributed by atoms with Crippen LogP contribution < -0.4 is 5.73 Å². The molecule has 2 heteroatoms. The van der Waals surface area contributed by atoms with Gasteiger partial charge in [-0.25, -0.2) is 0 Å². The second kappa shape index (κ2) is 5.41. The first-order valence-corrected chi connectivity index (χ1v) is 7.07. The summed E-state index contributed by atoms with van der Waals surface area (Å²) >= 11 is 0. The third-order valence-corrected chi connectivity index (χ3v) is 4.24. The summed E-state index contributed by atoms with van der Waals surface area (Å²) in [5, 5.41) is 0. The van der Waals surface area contributed by atoms with Crippen molar-refractivity contribution in [1.82, 2.24) is 4.90 Å². The van der Waals surface area contributed by atoms with Gasteiger partial charge in [-0.1, -0.05) is 37.3 Å². The van der Waals surface area contributed by atoms with Crippen LogP contribution in [-0.4, -0.2) is 24.0 Å². The summed E-state index contributed by atoms with van der Waals surface area (Å²) in [7, 11) is 0. The van der Waals surface area contributed by atoms with E-state index in [1.54, 1.807) is 0 Å². The molecule has 0 saturated carbocycles. The van der Waals surface area contributed by atoms with Crippen molar-refractivity contribution in [3.8, 4) is 0 Å². The first kappa shape index (κ1) is 13.6. The molecule has 2 N–H and O–H groups in total. The molecule has 18 heavy (non-hydrogen) atoms. The molecule has 2 rings (SSSR count). The Kier molecular flexibility index (Phi) is 4.08. The zero-order valence-electron chi connectivity index (χ0n) is 11.9. The van der Waals surface area contributed by atoms with E-state index in [0.29, 0.717) is 6.04 Å². The van der Waals surface area contributed by atoms with Crippen LogP contribution in [0, 0.1) is 5.92 Å². The maximum Gasteiger partial charge on any atom is 0.0510 e. The standard InChI is InChI=1S/C16H26N2/c1-13-9-10-18(14(2)11-13)12-16(3,17)15-7-5-4-6-8-15/h4-8,13-14H,9-12,17H2,1-3H3. The fourth-order valence-corrected chi connectivity index (χ4v) is 3.02. The normalized spacial score (nSPS) is 28.9. The lowest BCUT2D eigenvalue weighted by molar-refractivity contribution is 0.104. The molecule has 1 aromatic rings. The Bertz CT molecular complexity index is 372. The second-order valence-electron chi connectivity index (χ2n) is 6.23. The predicted octanol–water partition coefficient (Wildman–Crippen LogP) is 2.98. The van der Waals surface area contributed by atoms with Gasteiger partial charge >= 0.3 is 0 Å². The zero-order valence-corrected chi connectivity index (χ0v) is 11.9. The Balaban J connectivity index is 2.04. The van der Waals surface area contributed by atoms with Crippen molar-refractivity contribution in [2.45, 2.75) is 45.2 Å². The Hall–Kier alpha value is -0.860. The molecule has 0 radical (unpaired) electrons. The van der Waals surface area contributed by atoms with Crippen LogP contribution >= 0.6 is 0 Å². The third-order valence-electron chi connectivity index (χ3n) is 4.24. The molecule has 1 fully saturated rings. The van der Waals surface area contributed by atoms with Crippen LogP contribution in [0.5, 0.6) is 0 Å². The Morgan fingerprint density at radius 3 is 2.56 bits per heavy atom. The van der Waals surface area contributed by atoms with E-state index >= 15 is 0 Å². The molecule has 1 heterocycles. The van der Waals surface area contributed by atoms with Crippen LogP contribution in [0.1, 0.15) is 39.2 Å². The van der Waals surface area contributed by atoms with Crippen LogP contribution in [0.15, 0.2) is 30.3 Å². The minimum atomic E-state index is -0.254. The Labute approximate surface area is 111 Å². The molecule has 1 aliphatic heterocycles. The van der Waals surface area contributed by atoms with Gasteiger partial charge in [-0.05, 0) is 44.7 Å². The summed E-state index contributed by atoms with van der Waals surface area (Å²) < 4.78 is 0. The molecule has 1 aromatic carbocycles. The number of hydrogen-bond acceptors (Lipinski definition) is 2. The van der Waals surface area contributed by atoms with Gasteiger partial charge in [0.05, 0.1) is 5.54 Å². The molecule has 3 atom stereocenters. The molecule has 3 unspecified atom stereocenters. The van der Waals surface area contributed by atoms with Crippen molar-refractivity contribution >= 4 is 0 Å². The van der Waals surface area contributed by atoms with E-state index in [9.17, 15) is 0 Å². The first-order valence-electron chi connectivity index (χ1n) is 7.07. The van der Waals surface area contributed by atoms with Gasteiger partial charge in [0.25, 0.3) is 0 Å². The fraction of sp³-hybridized carbons (Fsp3) is 0.625. The summed E-state index contributed by atoms with van der Waals surface area (Å²) in [6.45, 7) is 8.96. The lowest BCUT2D eigenvalue weighted by Crippen LogP contribution is -2.50. The van der Waals surface area contributed by atoms with Crippen LogP contribution in [0.25, 0.3) is 0 Å². The van der Waals surface area contributed by atoms with E-state index in [1.165, 1.54) is 24.9 Å². The topological polar surface area (TPSA) is 29.3 Å². The molecule has 1 saturated heterocycles. The maximum atomic E-state index is 6.52. The number of piperidine rings is 1. The van der Waals surface area contributed by atoms with Crippen LogP contribution in [0.2, 0.25) is 0 Å². The van der Waals surface area contributed by atoms with Gasteiger partial charge in [0.15, 0.2) is 0 Å². The van der Waals surface area contributed by atoms with E-state index in [0.717, 1.165) is 12.5 Å². The molecule has 0 spiro atoms. The molecule has 0 aliphatic carbocycles. The highest BCUT2D eigenvalue weighted by Gasteiger charge is 2.29. The van der Waals surface area contributed by atoms with E-state index < -0.39 is 0 Å². The second-order valence-corrected chi connectivity index (χ2v) is 6.23. The number of nitrogens with two attached hydrogens (primary N) is 1. The lowest BCUT2D eigenvalue weighted by atomic mass is 9.88. The van der Waals surface area contributed by atoms with Crippen LogP contribution in [0.3, 0.4) is 0 Å². The lowest BCUT2D eigenvalue weighted by Gasteiger charge is -2.41. The number of benzene rings is 1. The van der Waals surface area contributed by atoms with Gasteiger partial charge in [0.1, 0.15) is 0 Å². The Morgan fingerprint density at radius 2 is 1.94 bits per heavy atom. The molecule has 0 amide bonds. The number of rotatable bonds is 3. The molecular weight excluding hydrogens is 220 g/mol. The zero-order chi connectivity index (χ0) is 13.2. The van der Waals surface area contributed by atoms with Gasteiger partial charge < -0.3 is 5.73 Å². The van der Waals surface area contributed by atoms with Crippen molar-refractivity contribution in [2.75, 3.05) is 13.1 Å². The van der Waals surface area contributed by atoms with Crippen molar-refractivity contribution in [3.63, 3.8) is 0 Å². The largest absolute Gasteiger partial charge is 0.321 e. The molecule has 0 bridgehead atoms. The highest BCUT2D eigenvalue weighted by Crippen LogP contribution is 2.26. The maximum absolute atomic E-state index is 6.52. The predicted molar refractivity (Wildman–Crippen MR) is 77.4 cm³/mol. The molecule has 1 aliphatic rings. The minimum absolute atomic E-state index is 0.254. The molecule has 2 nitrogen and oxygen atoms in total. The van der Waals surface area contributed by atoms with E-state index in [-0.39, 0.29) is 5.54 Å².